The first-order valence-electron chi connectivity index (χ1n) is 12.7. The third-order valence-electron chi connectivity index (χ3n) is 6.42. The number of hydrogen-bond acceptors (Lipinski definition) is 6. The van der Waals surface area contributed by atoms with E-state index in [0.717, 1.165) is 27.8 Å². The minimum Gasteiger partial charge on any atom is -0.497 e. The highest BCUT2D eigenvalue weighted by Gasteiger charge is 2.34. The van der Waals surface area contributed by atoms with Crippen LogP contribution in [0.25, 0.3) is 11.1 Å². The van der Waals surface area contributed by atoms with E-state index in [-0.39, 0.29) is 26.6 Å². The van der Waals surface area contributed by atoms with Crippen LogP contribution < -0.4 is 10.1 Å². The molecule has 0 spiro atoms. The van der Waals surface area contributed by atoms with Gasteiger partial charge in [0.05, 0.1) is 18.8 Å². The van der Waals surface area contributed by atoms with Gasteiger partial charge in [-0.25, -0.2) is 9.59 Å². The molecule has 1 amide bonds. The van der Waals surface area contributed by atoms with Crippen molar-refractivity contribution in [2.75, 3.05) is 13.7 Å². The molecule has 1 aliphatic carbocycles. The fourth-order valence-electron chi connectivity index (χ4n) is 4.73. The second-order valence-electron chi connectivity index (χ2n) is 10.3. The van der Waals surface area contributed by atoms with Gasteiger partial charge in [0.25, 0.3) is 0 Å². The molecule has 208 valence electrons. The molecule has 0 aliphatic heterocycles. The van der Waals surface area contributed by atoms with Gasteiger partial charge in [0.2, 0.25) is 0 Å². The van der Waals surface area contributed by atoms with E-state index in [0.29, 0.717) is 5.75 Å². The van der Waals surface area contributed by atoms with Gasteiger partial charge in [0.15, 0.2) is 6.04 Å². The fraction of sp³-hybridized carbons (Fsp3) is 0.375. The Morgan fingerprint density at radius 2 is 1.44 bits per heavy atom. The van der Waals surface area contributed by atoms with E-state index < -0.39 is 29.8 Å². The van der Waals surface area contributed by atoms with E-state index in [1.165, 1.54) is 0 Å². The smallest absolute Gasteiger partial charge is 0.407 e. The first-order valence-corrected chi connectivity index (χ1v) is 12.7. The van der Waals surface area contributed by atoms with Crippen LogP contribution in [0.4, 0.5) is 4.79 Å². The number of benzene rings is 3. The Kier molecular flexibility index (Phi) is 9.76. The van der Waals surface area contributed by atoms with E-state index in [1.54, 1.807) is 26.2 Å². The van der Waals surface area contributed by atoms with E-state index >= 15 is 0 Å². The lowest BCUT2D eigenvalue weighted by Crippen LogP contribution is -2.51. The summed E-state index contributed by atoms with van der Waals surface area (Å²) in [6, 6.07) is 22.4. The van der Waals surface area contributed by atoms with Crippen LogP contribution in [0.1, 0.15) is 57.7 Å². The third-order valence-corrected chi connectivity index (χ3v) is 6.42. The number of hydrogen-bond donors (Lipinski definition) is 1. The summed E-state index contributed by atoms with van der Waals surface area (Å²) in [6.07, 6.45) is -1.36. The van der Waals surface area contributed by atoms with Crippen LogP contribution in [0, 0.1) is 0 Å². The zero-order valence-corrected chi connectivity index (χ0v) is 22.5. The van der Waals surface area contributed by atoms with Gasteiger partial charge >= 0.3 is 12.1 Å². The number of carbonyl (C=O) groups excluding carboxylic acids is 2. The number of esters is 1. The number of nitrogens with one attached hydrogen (secondary N) is 1. The number of carbonyl (C=O) groups is 2. The number of alkyl carbamates (subject to hydrolysis) is 1. The van der Waals surface area contributed by atoms with Gasteiger partial charge in [0, 0.05) is 5.92 Å². The maximum Gasteiger partial charge on any atom is 0.407 e. The topological polar surface area (TPSA) is 83.1 Å². The van der Waals surface area contributed by atoms with Crippen molar-refractivity contribution < 1.29 is 28.5 Å². The lowest BCUT2D eigenvalue weighted by Gasteiger charge is -2.30. The van der Waals surface area contributed by atoms with Crippen molar-refractivity contribution in [3.8, 4) is 16.9 Å². The van der Waals surface area contributed by atoms with Gasteiger partial charge in [-0.15, -0.1) is 0 Å². The molecular weight excluding hydrogens is 494 g/mol. The molecule has 0 unspecified atom stereocenters. The summed E-state index contributed by atoms with van der Waals surface area (Å²) in [5.41, 5.74) is 4.77. The summed E-state index contributed by atoms with van der Waals surface area (Å²) in [5, 5.41) is 2.68. The molecule has 4 rings (SSSR count). The van der Waals surface area contributed by atoms with Crippen LogP contribution in [0.2, 0.25) is 0 Å². The van der Waals surface area contributed by atoms with Crippen LogP contribution in [-0.2, 0) is 25.6 Å². The second kappa shape index (κ2) is 12.8. The summed E-state index contributed by atoms with van der Waals surface area (Å²) in [7, 11) is 1.59. The number of ether oxygens (including phenoxy) is 4. The molecule has 7 heteroatoms. The molecule has 0 radical (unpaired) electrons. The minimum absolute atomic E-state index is 0. The minimum atomic E-state index is -1.05. The molecule has 3 aromatic rings. The molecule has 0 saturated carbocycles. The summed E-state index contributed by atoms with van der Waals surface area (Å²) < 4.78 is 22.4. The molecular formula is C32H39NO6. The summed E-state index contributed by atoms with van der Waals surface area (Å²) in [6.45, 7) is 7.58. The second-order valence-corrected chi connectivity index (χ2v) is 10.3. The zero-order chi connectivity index (χ0) is 27.3. The van der Waals surface area contributed by atoms with Gasteiger partial charge in [0.1, 0.15) is 19.0 Å². The van der Waals surface area contributed by atoms with Gasteiger partial charge in [-0.2, -0.15) is 0 Å². The number of rotatable bonds is 9. The molecule has 2 atom stereocenters. The Hall–Kier alpha value is -3.84. The number of amides is 1. The van der Waals surface area contributed by atoms with Crippen LogP contribution in [0.15, 0.2) is 72.8 Å². The Morgan fingerprint density at radius 1 is 0.872 bits per heavy atom. The van der Waals surface area contributed by atoms with E-state index in [2.05, 4.69) is 29.6 Å². The average Bonchev–Trinajstić information content (AvgIpc) is 3.22. The first kappa shape index (κ1) is 29.7. The molecule has 1 N–H and O–H groups in total. The maximum absolute atomic E-state index is 13.1. The Labute approximate surface area is 231 Å². The van der Waals surface area contributed by atoms with E-state index in [9.17, 15) is 9.59 Å². The monoisotopic (exact) mass is 533 g/mol. The normalized spacial score (nSPS) is 13.8. The lowest BCUT2D eigenvalue weighted by molar-refractivity contribution is -0.154. The highest BCUT2D eigenvalue weighted by atomic mass is 16.6. The standard InChI is InChI=1S/C31H35NO6.CH4/c1-20(38-31(2,3)4)28(29(33)36-18-21-14-16-22(35-5)17-15-21)32-30(34)37-19-27-25-12-8-6-10-23(25)24-11-7-9-13-26(24)27;/h6-17,20,27-28H,18-19H2,1-5H3,(H,32,34);1H4/t20-,28+;/m1./s1. The molecule has 3 aromatic carbocycles. The zero-order valence-electron chi connectivity index (χ0n) is 22.5. The molecule has 0 fully saturated rings. The van der Waals surface area contributed by atoms with Crippen LogP contribution >= 0.6 is 0 Å². The average molecular weight is 534 g/mol. The number of methoxy groups -OCH3 is 1. The molecule has 7 nitrogen and oxygen atoms in total. The van der Waals surface area contributed by atoms with E-state index in [1.807, 2.05) is 57.2 Å². The van der Waals surface area contributed by atoms with Crippen molar-refractivity contribution >= 4 is 12.1 Å². The Morgan fingerprint density at radius 3 is 1.97 bits per heavy atom. The predicted molar refractivity (Wildman–Crippen MR) is 152 cm³/mol. The Bertz CT molecular complexity index is 1220. The van der Waals surface area contributed by atoms with Gasteiger partial charge < -0.3 is 24.3 Å². The largest absolute Gasteiger partial charge is 0.497 e. The van der Waals surface area contributed by atoms with Crippen molar-refractivity contribution in [2.45, 2.75) is 65.4 Å². The third kappa shape index (κ3) is 7.39. The van der Waals surface area contributed by atoms with Crippen molar-refractivity contribution in [2.24, 2.45) is 0 Å². The van der Waals surface area contributed by atoms with Crippen molar-refractivity contribution in [1.82, 2.24) is 5.32 Å². The van der Waals surface area contributed by atoms with Crippen LogP contribution in [0.5, 0.6) is 5.75 Å². The van der Waals surface area contributed by atoms with Crippen molar-refractivity contribution in [3.63, 3.8) is 0 Å². The maximum atomic E-state index is 13.1. The quantitative estimate of drug-likeness (QED) is 0.317. The van der Waals surface area contributed by atoms with Gasteiger partial charge in [-0.1, -0.05) is 68.1 Å². The predicted octanol–water partition coefficient (Wildman–Crippen LogP) is 6.49. The molecule has 0 aromatic heterocycles. The highest BCUT2D eigenvalue weighted by molar-refractivity contribution is 5.82. The van der Waals surface area contributed by atoms with Crippen molar-refractivity contribution in [3.05, 3.63) is 89.5 Å². The van der Waals surface area contributed by atoms with Crippen LogP contribution in [-0.4, -0.2) is 43.5 Å². The molecule has 0 heterocycles. The van der Waals surface area contributed by atoms with Gasteiger partial charge in [-0.05, 0) is 67.6 Å². The Balaban J connectivity index is 0.00000420. The fourth-order valence-corrected chi connectivity index (χ4v) is 4.73. The first-order chi connectivity index (χ1) is 18.2. The highest BCUT2D eigenvalue weighted by Crippen LogP contribution is 2.44. The summed E-state index contributed by atoms with van der Waals surface area (Å²) >= 11 is 0. The lowest BCUT2D eigenvalue weighted by atomic mass is 9.98. The summed E-state index contributed by atoms with van der Waals surface area (Å²) in [4.78, 5) is 26.0. The van der Waals surface area contributed by atoms with E-state index in [4.69, 9.17) is 18.9 Å². The molecule has 0 bridgehead atoms. The van der Waals surface area contributed by atoms with Gasteiger partial charge in [-0.3, -0.25) is 0 Å². The SMILES string of the molecule is C.COc1ccc(COC(=O)[C@@H](NC(=O)OCC2c3ccccc3-c3ccccc32)[C@@H](C)OC(C)(C)C)cc1. The molecule has 0 saturated heterocycles. The summed E-state index contributed by atoms with van der Waals surface area (Å²) in [5.74, 6) is 0.0185. The van der Waals surface area contributed by atoms with Crippen molar-refractivity contribution in [1.29, 1.82) is 0 Å². The number of fused-ring (bicyclic) bond motifs is 3. The molecule has 1 aliphatic rings. The molecule has 39 heavy (non-hydrogen) atoms. The van der Waals surface area contributed by atoms with Crippen LogP contribution in [0.3, 0.4) is 0 Å².